The van der Waals surface area contributed by atoms with Crippen molar-refractivity contribution < 1.29 is 58.9 Å². The summed E-state index contributed by atoms with van der Waals surface area (Å²) in [5, 5.41) is 0. The lowest BCUT2D eigenvalue weighted by atomic mass is 10.1. The van der Waals surface area contributed by atoms with Crippen LogP contribution in [-0.2, 0) is 4.79 Å². The molecule has 2 rings (SSSR count). The van der Waals surface area contributed by atoms with Crippen molar-refractivity contribution in [2.75, 3.05) is 6.61 Å². The topological polar surface area (TPSA) is 61.8 Å². The largest absolute Gasteiger partial charge is 0.487 e. The van der Waals surface area contributed by atoms with Crippen LogP contribution in [0.4, 0.5) is 35.1 Å². The molecule has 0 fully saturated rings. The highest BCUT2D eigenvalue weighted by Gasteiger charge is 2.73. The zero-order valence-electron chi connectivity index (χ0n) is 16.5. The second-order valence-electron chi connectivity index (χ2n) is 6.49. The molecule has 5 nitrogen and oxygen atoms in total. The van der Waals surface area contributed by atoms with E-state index in [0.717, 1.165) is 31.2 Å². The van der Waals surface area contributed by atoms with Gasteiger partial charge in [0.1, 0.15) is 17.2 Å². The Morgan fingerprint density at radius 1 is 0.788 bits per heavy atom. The second-order valence-corrected chi connectivity index (χ2v) is 6.49. The first-order valence-electron chi connectivity index (χ1n) is 8.87. The van der Waals surface area contributed by atoms with Gasteiger partial charge in [-0.2, -0.15) is 30.7 Å². The molecule has 0 heterocycles. The fraction of sp³-hybridized carbons (Fsp3) is 0.300. The monoisotopic (exact) mass is 486 g/mol. The van der Waals surface area contributed by atoms with Crippen LogP contribution in [0.5, 0.6) is 17.2 Å². The van der Waals surface area contributed by atoms with E-state index in [1.165, 1.54) is 24.3 Å². The molecule has 0 saturated carbocycles. The molecule has 0 bridgehead atoms. The van der Waals surface area contributed by atoms with Crippen LogP contribution in [0.1, 0.15) is 17.3 Å². The van der Waals surface area contributed by atoms with Gasteiger partial charge in [0.05, 0.1) is 5.56 Å². The molecular weight excluding hydrogens is 472 g/mol. The molecule has 0 saturated heterocycles. The summed E-state index contributed by atoms with van der Waals surface area (Å²) in [5.74, 6) is -14.4. The lowest BCUT2D eigenvalue weighted by Gasteiger charge is -2.27. The third-order valence-electron chi connectivity index (χ3n) is 3.90. The number of hydrogen-bond acceptors (Lipinski definition) is 5. The van der Waals surface area contributed by atoms with E-state index in [4.69, 9.17) is 4.74 Å². The normalized spacial score (nSPS) is 13.2. The number of alkyl halides is 8. The van der Waals surface area contributed by atoms with Crippen LogP contribution < -0.4 is 14.2 Å². The van der Waals surface area contributed by atoms with Gasteiger partial charge in [-0.05, 0) is 55.5 Å². The quantitative estimate of drug-likeness (QED) is 0.285. The predicted octanol–water partition coefficient (Wildman–Crippen LogP) is 5.38. The molecular formula is C20H14F8O5. The first-order chi connectivity index (χ1) is 15.1. The third-order valence-corrected chi connectivity index (χ3v) is 3.90. The Balaban J connectivity index is 1.97. The molecule has 0 aromatic heterocycles. The molecule has 1 atom stereocenters. The Kier molecular flexibility index (Phi) is 7.55. The van der Waals surface area contributed by atoms with Crippen molar-refractivity contribution in [3.63, 3.8) is 0 Å². The average Bonchev–Trinajstić information content (AvgIpc) is 2.73. The van der Waals surface area contributed by atoms with E-state index in [-0.39, 0.29) is 17.1 Å². The van der Waals surface area contributed by atoms with Gasteiger partial charge >= 0.3 is 30.0 Å². The highest BCUT2D eigenvalue weighted by atomic mass is 19.4. The Morgan fingerprint density at radius 2 is 1.24 bits per heavy atom. The summed E-state index contributed by atoms with van der Waals surface area (Å²) >= 11 is 0. The van der Waals surface area contributed by atoms with Crippen molar-refractivity contribution in [2.24, 2.45) is 0 Å². The minimum absolute atomic E-state index is 0.0116. The molecule has 0 amide bonds. The summed E-state index contributed by atoms with van der Waals surface area (Å²) in [7, 11) is 0. The van der Waals surface area contributed by atoms with Crippen molar-refractivity contribution in [2.45, 2.75) is 31.1 Å². The maximum absolute atomic E-state index is 13.3. The number of halogens is 8. The van der Waals surface area contributed by atoms with Gasteiger partial charge in [-0.25, -0.2) is 14.0 Å². The molecule has 13 heteroatoms. The second kappa shape index (κ2) is 9.63. The van der Waals surface area contributed by atoms with Gasteiger partial charge in [0.15, 0.2) is 12.8 Å². The van der Waals surface area contributed by atoms with Gasteiger partial charge < -0.3 is 14.2 Å². The molecule has 0 aliphatic rings. The highest BCUT2D eigenvalue weighted by Crippen LogP contribution is 2.46. The zero-order valence-corrected chi connectivity index (χ0v) is 16.5. The Bertz CT molecular complexity index is 969. The minimum atomic E-state index is -6.47. The molecule has 0 aliphatic heterocycles. The summed E-state index contributed by atoms with van der Waals surface area (Å²) in [6.45, 7) is -1.28. The Hall–Kier alpha value is -3.38. The number of benzene rings is 2. The first kappa shape index (κ1) is 25.9. The predicted molar refractivity (Wildman–Crippen MR) is 95.5 cm³/mol. The zero-order chi connectivity index (χ0) is 25.0. The van der Waals surface area contributed by atoms with E-state index in [1.807, 2.05) is 0 Å². The maximum Gasteiger partial charge on any atom is 0.460 e. The number of carbonyl (C=O) groups excluding carboxylic acids is 2. The van der Waals surface area contributed by atoms with Gasteiger partial charge in [0, 0.05) is 0 Å². The molecule has 0 radical (unpaired) electrons. The molecule has 180 valence electrons. The molecule has 2 aromatic carbocycles. The van der Waals surface area contributed by atoms with Gasteiger partial charge in [-0.15, -0.1) is 0 Å². The smallest absolute Gasteiger partial charge is 0.460 e. The van der Waals surface area contributed by atoms with Gasteiger partial charge in [0.2, 0.25) is 0 Å². The van der Waals surface area contributed by atoms with E-state index in [0.29, 0.717) is 0 Å². The first-order valence-corrected chi connectivity index (χ1v) is 8.87. The number of rotatable bonds is 8. The SMILES string of the molecule is C[C@@H](F)C(=O)Oc1ccc(OC(=O)c2ccc(OCC(F)(F)C(F)(F)C(F)(F)F)cc2)cc1. The maximum atomic E-state index is 13.3. The fourth-order valence-corrected chi connectivity index (χ4v) is 2.10. The number of esters is 2. The Labute approximate surface area is 180 Å². The molecule has 2 aromatic rings. The lowest BCUT2D eigenvalue weighted by molar-refractivity contribution is -0.358. The lowest BCUT2D eigenvalue weighted by Crippen LogP contribution is -2.54. The Morgan fingerprint density at radius 3 is 1.70 bits per heavy atom. The number of ether oxygens (including phenoxy) is 3. The van der Waals surface area contributed by atoms with Gasteiger partial charge in [0.25, 0.3) is 0 Å². The summed E-state index contributed by atoms with van der Waals surface area (Å²) in [6.07, 6.45) is -8.32. The highest BCUT2D eigenvalue weighted by molar-refractivity contribution is 5.91. The molecule has 0 unspecified atom stereocenters. The van der Waals surface area contributed by atoms with Crippen molar-refractivity contribution in [3.05, 3.63) is 54.1 Å². The van der Waals surface area contributed by atoms with Crippen LogP contribution in [0.25, 0.3) is 0 Å². The standard InChI is InChI=1S/C20H14F8O5/c1-11(21)16(29)32-14-6-8-15(9-7-14)33-17(30)12-2-4-13(5-3-12)31-10-18(22,23)19(24,25)20(26,27)28/h2-9,11H,10H2,1H3/t11-/m1/s1. The third kappa shape index (κ3) is 6.33. The molecule has 0 spiro atoms. The van der Waals surface area contributed by atoms with E-state index in [2.05, 4.69) is 9.47 Å². The van der Waals surface area contributed by atoms with Gasteiger partial charge in [-0.3, -0.25) is 0 Å². The van der Waals surface area contributed by atoms with E-state index < -0.39 is 48.5 Å². The van der Waals surface area contributed by atoms with E-state index in [1.54, 1.807) is 0 Å². The molecule has 0 aliphatic carbocycles. The van der Waals surface area contributed by atoms with Gasteiger partial charge in [-0.1, -0.05) is 0 Å². The molecule has 33 heavy (non-hydrogen) atoms. The van der Waals surface area contributed by atoms with Crippen LogP contribution in [0.3, 0.4) is 0 Å². The fourth-order valence-electron chi connectivity index (χ4n) is 2.10. The summed E-state index contributed by atoms with van der Waals surface area (Å²) in [6, 6.07) is 8.66. The summed E-state index contributed by atoms with van der Waals surface area (Å²) in [4.78, 5) is 23.3. The number of carbonyl (C=O) groups is 2. The van der Waals surface area contributed by atoms with Crippen LogP contribution in [0.2, 0.25) is 0 Å². The summed E-state index contributed by atoms with van der Waals surface area (Å²) in [5.41, 5.74) is -0.142. The van der Waals surface area contributed by atoms with Crippen molar-refractivity contribution in [3.8, 4) is 17.2 Å². The van der Waals surface area contributed by atoms with Crippen molar-refractivity contribution in [1.82, 2.24) is 0 Å². The number of hydrogen-bond donors (Lipinski definition) is 0. The molecule has 0 N–H and O–H groups in total. The van der Waals surface area contributed by atoms with E-state index in [9.17, 15) is 44.7 Å². The van der Waals surface area contributed by atoms with Crippen molar-refractivity contribution >= 4 is 11.9 Å². The van der Waals surface area contributed by atoms with E-state index >= 15 is 0 Å². The van der Waals surface area contributed by atoms with Crippen LogP contribution in [-0.4, -0.2) is 42.7 Å². The van der Waals surface area contributed by atoms with Crippen LogP contribution in [0, 0.1) is 0 Å². The van der Waals surface area contributed by atoms with Crippen LogP contribution in [0.15, 0.2) is 48.5 Å². The van der Waals surface area contributed by atoms with Crippen molar-refractivity contribution in [1.29, 1.82) is 0 Å². The van der Waals surface area contributed by atoms with Crippen LogP contribution >= 0.6 is 0 Å². The minimum Gasteiger partial charge on any atom is -0.487 e. The summed E-state index contributed by atoms with van der Waals surface area (Å²) < 4.78 is 115. The average molecular weight is 486 g/mol.